The SMILES string of the molecule is CNCc1ccc2ccn(Cc3c(Cl)cccc3Cl)c2c1. The minimum atomic E-state index is 0.672. The van der Waals surface area contributed by atoms with E-state index in [2.05, 4.69) is 40.3 Å². The molecule has 21 heavy (non-hydrogen) atoms. The first-order chi connectivity index (χ1) is 10.2. The van der Waals surface area contributed by atoms with Crippen molar-refractivity contribution in [2.24, 2.45) is 0 Å². The van der Waals surface area contributed by atoms with Crippen molar-refractivity contribution < 1.29 is 0 Å². The Labute approximate surface area is 134 Å². The maximum absolute atomic E-state index is 6.27. The molecule has 1 heterocycles. The Morgan fingerprint density at radius 1 is 1.05 bits per heavy atom. The molecule has 0 unspecified atom stereocenters. The molecule has 0 aliphatic carbocycles. The van der Waals surface area contributed by atoms with Crippen molar-refractivity contribution in [2.45, 2.75) is 13.1 Å². The molecule has 3 rings (SSSR count). The molecule has 2 nitrogen and oxygen atoms in total. The van der Waals surface area contributed by atoms with Crippen LogP contribution in [0.3, 0.4) is 0 Å². The third-order valence-electron chi connectivity index (χ3n) is 3.61. The average molecular weight is 319 g/mol. The molecule has 4 heteroatoms. The van der Waals surface area contributed by atoms with Gasteiger partial charge in [0.2, 0.25) is 0 Å². The van der Waals surface area contributed by atoms with Crippen molar-refractivity contribution in [2.75, 3.05) is 7.05 Å². The molecule has 0 bridgehead atoms. The van der Waals surface area contributed by atoms with Gasteiger partial charge in [-0.25, -0.2) is 0 Å². The van der Waals surface area contributed by atoms with E-state index in [1.807, 2.05) is 25.2 Å². The lowest BCUT2D eigenvalue weighted by Gasteiger charge is -2.10. The Kier molecular flexibility index (Phi) is 4.20. The molecule has 1 aromatic heterocycles. The lowest BCUT2D eigenvalue weighted by molar-refractivity contribution is 0.812. The maximum atomic E-state index is 6.27. The van der Waals surface area contributed by atoms with E-state index < -0.39 is 0 Å². The summed E-state index contributed by atoms with van der Waals surface area (Å²) in [6.07, 6.45) is 2.08. The Hall–Kier alpha value is -1.48. The summed E-state index contributed by atoms with van der Waals surface area (Å²) in [5.41, 5.74) is 3.41. The number of hydrogen-bond donors (Lipinski definition) is 1. The lowest BCUT2D eigenvalue weighted by Crippen LogP contribution is -2.05. The summed E-state index contributed by atoms with van der Waals surface area (Å²) >= 11 is 12.5. The summed E-state index contributed by atoms with van der Waals surface area (Å²) in [5.74, 6) is 0. The van der Waals surface area contributed by atoms with E-state index in [1.54, 1.807) is 0 Å². The fraction of sp³-hybridized carbons (Fsp3) is 0.176. The maximum Gasteiger partial charge on any atom is 0.0505 e. The average Bonchev–Trinajstić information content (AvgIpc) is 2.86. The topological polar surface area (TPSA) is 17.0 Å². The smallest absolute Gasteiger partial charge is 0.0505 e. The summed E-state index contributed by atoms with van der Waals surface area (Å²) in [4.78, 5) is 0. The van der Waals surface area contributed by atoms with Gasteiger partial charge in [0.05, 0.1) is 6.54 Å². The van der Waals surface area contributed by atoms with Gasteiger partial charge in [0, 0.05) is 33.9 Å². The Morgan fingerprint density at radius 3 is 2.52 bits per heavy atom. The summed E-state index contributed by atoms with van der Waals surface area (Å²) in [6.45, 7) is 1.53. The Balaban J connectivity index is 2.02. The number of benzene rings is 2. The largest absolute Gasteiger partial charge is 0.343 e. The van der Waals surface area contributed by atoms with E-state index >= 15 is 0 Å². The van der Waals surface area contributed by atoms with Gasteiger partial charge in [0.15, 0.2) is 0 Å². The van der Waals surface area contributed by atoms with Crippen LogP contribution in [0.2, 0.25) is 10.0 Å². The van der Waals surface area contributed by atoms with Gasteiger partial charge in [-0.05, 0) is 42.3 Å². The predicted molar refractivity (Wildman–Crippen MR) is 90.3 cm³/mol. The molecule has 0 aliphatic heterocycles. The summed E-state index contributed by atoms with van der Waals surface area (Å²) < 4.78 is 2.18. The van der Waals surface area contributed by atoms with Crippen LogP contribution in [-0.2, 0) is 13.1 Å². The molecule has 0 radical (unpaired) electrons. The Bertz CT molecular complexity index is 757. The highest BCUT2D eigenvalue weighted by Crippen LogP contribution is 2.27. The molecule has 0 saturated carbocycles. The van der Waals surface area contributed by atoms with Crippen LogP contribution < -0.4 is 5.32 Å². The van der Waals surface area contributed by atoms with E-state index in [0.717, 1.165) is 12.1 Å². The minimum absolute atomic E-state index is 0.672. The second kappa shape index (κ2) is 6.10. The molecule has 0 aliphatic rings. The first kappa shape index (κ1) is 14.5. The zero-order chi connectivity index (χ0) is 14.8. The van der Waals surface area contributed by atoms with Gasteiger partial charge >= 0.3 is 0 Å². The lowest BCUT2D eigenvalue weighted by atomic mass is 10.1. The number of nitrogens with one attached hydrogen (secondary N) is 1. The number of halogens is 2. The predicted octanol–water partition coefficient (Wildman–Crippen LogP) is 4.72. The van der Waals surface area contributed by atoms with E-state index in [0.29, 0.717) is 16.6 Å². The fourth-order valence-corrected chi connectivity index (χ4v) is 3.05. The molecule has 3 aromatic rings. The van der Waals surface area contributed by atoms with Crippen molar-refractivity contribution in [1.29, 1.82) is 0 Å². The highest BCUT2D eigenvalue weighted by molar-refractivity contribution is 6.36. The summed E-state index contributed by atoms with van der Waals surface area (Å²) in [6, 6.07) is 14.2. The molecule has 0 amide bonds. The molecule has 108 valence electrons. The van der Waals surface area contributed by atoms with Crippen LogP contribution in [0.5, 0.6) is 0 Å². The van der Waals surface area contributed by atoms with Crippen molar-refractivity contribution in [3.8, 4) is 0 Å². The molecule has 0 spiro atoms. The van der Waals surface area contributed by atoms with Gasteiger partial charge in [0.25, 0.3) is 0 Å². The van der Waals surface area contributed by atoms with E-state index in [4.69, 9.17) is 23.2 Å². The van der Waals surface area contributed by atoms with Crippen molar-refractivity contribution in [3.63, 3.8) is 0 Å². The zero-order valence-corrected chi connectivity index (χ0v) is 13.2. The van der Waals surface area contributed by atoms with Crippen LogP contribution in [0.15, 0.2) is 48.7 Å². The fourth-order valence-electron chi connectivity index (χ4n) is 2.54. The molecular formula is C17H16Cl2N2. The molecule has 2 aromatic carbocycles. The second-order valence-electron chi connectivity index (χ2n) is 5.07. The first-order valence-electron chi connectivity index (χ1n) is 6.84. The standard InChI is InChI=1S/C17H16Cl2N2/c1-20-10-12-5-6-13-7-8-21(17(13)9-12)11-14-15(18)3-2-4-16(14)19/h2-9,20H,10-11H2,1H3. The van der Waals surface area contributed by atoms with Gasteiger partial charge in [0.1, 0.15) is 0 Å². The highest BCUT2D eigenvalue weighted by atomic mass is 35.5. The molecule has 0 atom stereocenters. The summed E-state index contributed by atoms with van der Waals surface area (Å²) in [7, 11) is 1.95. The first-order valence-corrected chi connectivity index (χ1v) is 7.60. The molecule has 1 N–H and O–H groups in total. The third kappa shape index (κ3) is 2.93. The van der Waals surface area contributed by atoms with Gasteiger partial charge in [-0.1, -0.05) is 41.4 Å². The van der Waals surface area contributed by atoms with Crippen LogP contribution in [0, 0.1) is 0 Å². The quantitative estimate of drug-likeness (QED) is 0.736. The number of aromatic nitrogens is 1. The Morgan fingerprint density at radius 2 is 1.81 bits per heavy atom. The molecule has 0 fully saturated rings. The number of rotatable bonds is 4. The van der Waals surface area contributed by atoms with Gasteiger partial charge in [-0.3, -0.25) is 0 Å². The van der Waals surface area contributed by atoms with E-state index in [1.165, 1.54) is 16.5 Å². The monoisotopic (exact) mass is 318 g/mol. The van der Waals surface area contributed by atoms with E-state index in [9.17, 15) is 0 Å². The molecular weight excluding hydrogens is 303 g/mol. The van der Waals surface area contributed by atoms with Crippen LogP contribution >= 0.6 is 23.2 Å². The van der Waals surface area contributed by atoms with Crippen LogP contribution in [0.1, 0.15) is 11.1 Å². The zero-order valence-electron chi connectivity index (χ0n) is 11.7. The minimum Gasteiger partial charge on any atom is -0.343 e. The number of hydrogen-bond acceptors (Lipinski definition) is 1. The number of fused-ring (bicyclic) bond motifs is 1. The van der Waals surface area contributed by atoms with Gasteiger partial charge in [-0.2, -0.15) is 0 Å². The van der Waals surface area contributed by atoms with E-state index in [-0.39, 0.29) is 0 Å². The summed E-state index contributed by atoms with van der Waals surface area (Å²) in [5, 5.41) is 5.81. The van der Waals surface area contributed by atoms with Crippen LogP contribution in [-0.4, -0.2) is 11.6 Å². The van der Waals surface area contributed by atoms with Crippen molar-refractivity contribution >= 4 is 34.1 Å². The van der Waals surface area contributed by atoms with Gasteiger partial charge < -0.3 is 9.88 Å². The van der Waals surface area contributed by atoms with Crippen LogP contribution in [0.4, 0.5) is 0 Å². The normalized spacial score (nSPS) is 11.2. The van der Waals surface area contributed by atoms with Crippen LogP contribution in [0.25, 0.3) is 10.9 Å². The van der Waals surface area contributed by atoms with Crippen molar-refractivity contribution in [1.82, 2.24) is 9.88 Å². The van der Waals surface area contributed by atoms with Crippen molar-refractivity contribution in [3.05, 3.63) is 69.8 Å². The second-order valence-corrected chi connectivity index (χ2v) is 5.88. The highest BCUT2D eigenvalue weighted by Gasteiger charge is 2.08. The molecule has 0 saturated heterocycles. The number of nitrogens with zero attached hydrogens (tertiary/aromatic N) is 1. The van der Waals surface area contributed by atoms with Gasteiger partial charge in [-0.15, -0.1) is 0 Å². The third-order valence-corrected chi connectivity index (χ3v) is 4.32.